The van der Waals surface area contributed by atoms with Crippen molar-refractivity contribution < 1.29 is 14.6 Å². The third kappa shape index (κ3) is 5.78. The van der Waals surface area contributed by atoms with Crippen LogP contribution in [0.3, 0.4) is 0 Å². The summed E-state index contributed by atoms with van der Waals surface area (Å²) in [5.74, 6) is -0.286. The van der Waals surface area contributed by atoms with Gasteiger partial charge in [-0.2, -0.15) is 4.89 Å². The molecule has 0 aliphatic carbocycles. The number of hydrogen-bond acceptors (Lipinski definition) is 3. The molecule has 0 aromatic heterocycles. The highest BCUT2D eigenvalue weighted by molar-refractivity contribution is 5.71. The van der Waals surface area contributed by atoms with Crippen LogP contribution >= 0.6 is 0 Å². The zero-order chi connectivity index (χ0) is 11.9. The Balaban J connectivity index is 3.98. The first kappa shape index (κ1) is 14.4. The predicted octanol–water partition coefficient (Wildman–Crippen LogP) is 3.48. The SMILES string of the molecule is CCCC(C)(C)OOC(=O)C(CC)CC. The van der Waals surface area contributed by atoms with Crippen LogP contribution in [0.1, 0.15) is 60.3 Å². The molecule has 0 bridgehead atoms. The van der Waals surface area contributed by atoms with Crippen LogP contribution in [0.5, 0.6) is 0 Å². The Morgan fingerprint density at radius 1 is 1.20 bits per heavy atom. The van der Waals surface area contributed by atoms with Gasteiger partial charge in [0, 0.05) is 0 Å². The first-order chi connectivity index (χ1) is 6.96. The lowest BCUT2D eigenvalue weighted by molar-refractivity contribution is -0.329. The number of carbonyl (C=O) groups is 1. The lowest BCUT2D eigenvalue weighted by atomic mass is 10.0. The Bertz CT molecular complexity index is 183. The van der Waals surface area contributed by atoms with E-state index >= 15 is 0 Å². The molecule has 0 atom stereocenters. The van der Waals surface area contributed by atoms with Gasteiger partial charge in [0.05, 0.1) is 5.92 Å². The van der Waals surface area contributed by atoms with Gasteiger partial charge in [-0.15, -0.1) is 0 Å². The van der Waals surface area contributed by atoms with Crippen molar-refractivity contribution in [1.29, 1.82) is 0 Å². The van der Waals surface area contributed by atoms with Gasteiger partial charge in [-0.25, -0.2) is 4.79 Å². The van der Waals surface area contributed by atoms with Crippen LogP contribution in [-0.4, -0.2) is 11.6 Å². The van der Waals surface area contributed by atoms with Crippen molar-refractivity contribution in [3.8, 4) is 0 Å². The lowest BCUT2D eigenvalue weighted by Crippen LogP contribution is -2.28. The maximum absolute atomic E-state index is 11.5. The normalized spacial score (nSPS) is 11.9. The smallest absolute Gasteiger partial charge is 0.298 e. The molecule has 0 aliphatic heterocycles. The van der Waals surface area contributed by atoms with E-state index in [-0.39, 0.29) is 17.5 Å². The van der Waals surface area contributed by atoms with Crippen molar-refractivity contribution in [1.82, 2.24) is 0 Å². The van der Waals surface area contributed by atoms with Gasteiger partial charge in [-0.05, 0) is 33.1 Å². The minimum absolute atomic E-state index is 0.0394. The summed E-state index contributed by atoms with van der Waals surface area (Å²) in [6, 6.07) is 0. The minimum Gasteiger partial charge on any atom is -0.298 e. The van der Waals surface area contributed by atoms with Gasteiger partial charge >= 0.3 is 5.97 Å². The molecule has 0 saturated heterocycles. The van der Waals surface area contributed by atoms with E-state index in [4.69, 9.17) is 9.78 Å². The maximum atomic E-state index is 11.5. The van der Waals surface area contributed by atoms with Crippen LogP contribution < -0.4 is 0 Å². The number of rotatable bonds is 7. The molecule has 0 amide bonds. The largest absolute Gasteiger partial charge is 0.345 e. The quantitative estimate of drug-likeness (QED) is 0.483. The number of hydrogen-bond donors (Lipinski definition) is 0. The fourth-order valence-electron chi connectivity index (χ4n) is 1.49. The molecule has 0 unspecified atom stereocenters. The lowest BCUT2D eigenvalue weighted by Gasteiger charge is -2.23. The summed E-state index contributed by atoms with van der Waals surface area (Å²) >= 11 is 0. The minimum atomic E-state index is -0.379. The Hall–Kier alpha value is -0.570. The molecule has 0 N–H and O–H groups in total. The third-order valence-corrected chi connectivity index (χ3v) is 2.52. The van der Waals surface area contributed by atoms with Crippen LogP contribution in [0.2, 0.25) is 0 Å². The summed E-state index contributed by atoms with van der Waals surface area (Å²) < 4.78 is 0. The average Bonchev–Trinajstić information content (AvgIpc) is 2.17. The van der Waals surface area contributed by atoms with Crippen LogP contribution in [0.15, 0.2) is 0 Å². The molecule has 0 fully saturated rings. The molecule has 0 aliphatic rings. The molecule has 0 heterocycles. The average molecular weight is 216 g/mol. The van der Waals surface area contributed by atoms with E-state index in [0.717, 1.165) is 25.7 Å². The third-order valence-electron chi connectivity index (χ3n) is 2.52. The van der Waals surface area contributed by atoms with Crippen molar-refractivity contribution in [2.75, 3.05) is 0 Å². The van der Waals surface area contributed by atoms with Crippen LogP contribution in [0, 0.1) is 5.92 Å². The first-order valence-electron chi connectivity index (χ1n) is 5.86. The van der Waals surface area contributed by atoms with Crippen LogP contribution in [0.25, 0.3) is 0 Å². The Kier molecular flexibility index (Phi) is 6.57. The van der Waals surface area contributed by atoms with Gasteiger partial charge in [-0.3, -0.25) is 4.89 Å². The molecular weight excluding hydrogens is 192 g/mol. The van der Waals surface area contributed by atoms with Crippen LogP contribution in [0.4, 0.5) is 0 Å². The monoisotopic (exact) mass is 216 g/mol. The number of carbonyl (C=O) groups excluding carboxylic acids is 1. The van der Waals surface area contributed by atoms with E-state index in [1.807, 2.05) is 27.7 Å². The molecular formula is C12H24O3. The van der Waals surface area contributed by atoms with E-state index in [0.29, 0.717) is 0 Å². The van der Waals surface area contributed by atoms with Crippen LogP contribution in [-0.2, 0) is 14.6 Å². The summed E-state index contributed by atoms with van der Waals surface area (Å²) in [5, 5.41) is 0. The topological polar surface area (TPSA) is 35.5 Å². The second-order valence-electron chi connectivity index (χ2n) is 4.51. The second kappa shape index (κ2) is 6.83. The zero-order valence-corrected chi connectivity index (χ0v) is 10.6. The second-order valence-corrected chi connectivity index (χ2v) is 4.51. The van der Waals surface area contributed by atoms with Gasteiger partial charge in [0.25, 0.3) is 0 Å². The fourth-order valence-corrected chi connectivity index (χ4v) is 1.49. The summed E-state index contributed by atoms with van der Waals surface area (Å²) in [4.78, 5) is 21.5. The standard InChI is InChI=1S/C12H24O3/c1-6-9-12(4,5)15-14-11(13)10(7-2)8-3/h10H,6-9H2,1-5H3. The van der Waals surface area contributed by atoms with Crippen molar-refractivity contribution >= 4 is 5.97 Å². The molecule has 15 heavy (non-hydrogen) atoms. The van der Waals surface area contributed by atoms with Gasteiger partial charge in [0.1, 0.15) is 5.60 Å². The van der Waals surface area contributed by atoms with Gasteiger partial charge in [0.15, 0.2) is 0 Å². The Morgan fingerprint density at radius 2 is 1.73 bits per heavy atom. The van der Waals surface area contributed by atoms with Crippen molar-refractivity contribution in [3.63, 3.8) is 0 Å². The van der Waals surface area contributed by atoms with E-state index in [2.05, 4.69) is 6.92 Å². The fraction of sp³-hybridized carbons (Fsp3) is 0.917. The molecule has 0 rings (SSSR count). The van der Waals surface area contributed by atoms with Crippen molar-refractivity contribution in [2.45, 2.75) is 65.9 Å². The summed E-state index contributed by atoms with van der Waals surface area (Å²) in [7, 11) is 0. The van der Waals surface area contributed by atoms with Crippen molar-refractivity contribution in [2.24, 2.45) is 5.92 Å². The Labute approximate surface area is 93.1 Å². The highest BCUT2D eigenvalue weighted by Crippen LogP contribution is 2.18. The maximum Gasteiger partial charge on any atom is 0.345 e. The van der Waals surface area contributed by atoms with Gasteiger partial charge < -0.3 is 0 Å². The highest BCUT2D eigenvalue weighted by Gasteiger charge is 2.23. The molecule has 0 aromatic rings. The molecule has 3 heteroatoms. The van der Waals surface area contributed by atoms with E-state index in [1.165, 1.54) is 0 Å². The molecule has 0 radical (unpaired) electrons. The summed E-state index contributed by atoms with van der Waals surface area (Å²) in [6.07, 6.45) is 3.48. The van der Waals surface area contributed by atoms with Gasteiger partial charge in [-0.1, -0.05) is 27.2 Å². The van der Waals surface area contributed by atoms with E-state index in [1.54, 1.807) is 0 Å². The Morgan fingerprint density at radius 3 is 2.13 bits per heavy atom. The summed E-state index contributed by atoms with van der Waals surface area (Å²) in [6.45, 7) is 9.89. The van der Waals surface area contributed by atoms with Gasteiger partial charge in [0.2, 0.25) is 0 Å². The zero-order valence-electron chi connectivity index (χ0n) is 10.6. The van der Waals surface area contributed by atoms with Crippen molar-refractivity contribution in [3.05, 3.63) is 0 Å². The summed E-state index contributed by atoms with van der Waals surface area (Å²) in [5.41, 5.74) is -0.379. The predicted molar refractivity (Wildman–Crippen MR) is 60.2 cm³/mol. The van der Waals surface area contributed by atoms with E-state index in [9.17, 15) is 4.79 Å². The highest BCUT2D eigenvalue weighted by atomic mass is 17.2. The molecule has 0 aromatic carbocycles. The first-order valence-corrected chi connectivity index (χ1v) is 5.86. The van der Waals surface area contributed by atoms with E-state index < -0.39 is 0 Å². The molecule has 3 nitrogen and oxygen atoms in total. The molecule has 90 valence electrons. The molecule has 0 saturated carbocycles. The molecule has 0 spiro atoms.